The SMILES string of the molecule is CCc1cc(C(C)=O)c(O)c2c1C[C@@H]1C[C@@H]3[C@@H](N(C)C)C(=O)C(C(N)=O)C(=O)[C@@]3(O)C(=O)C1C2=O. The van der Waals surface area contributed by atoms with E-state index >= 15 is 0 Å². The van der Waals surface area contributed by atoms with Gasteiger partial charge in [-0.3, -0.25) is 33.7 Å². The van der Waals surface area contributed by atoms with Gasteiger partial charge in [-0.25, -0.2) is 0 Å². The van der Waals surface area contributed by atoms with Crippen molar-refractivity contribution in [1.82, 2.24) is 4.90 Å². The van der Waals surface area contributed by atoms with Crippen LogP contribution < -0.4 is 5.73 Å². The van der Waals surface area contributed by atoms with Crippen molar-refractivity contribution >= 4 is 34.8 Å². The minimum Gasteiger partial charge on any atom is -0.506 e. The number of hydrogen-bond donors (Lipinski definition) is 3. The third kappa shape index (κ3) is 3.23. The Morgan fingerprint density at radius 1 is 1.17 bits per heavy atom. The number of aliphatic hydroxyl groups is 1. The molecule has 2 saturated carbocycles. The molecule has 0 spiro atoms. The molecule has 10 nitrogen and oxygen atoms in total. The summed E-state index contributed by atoms with van der Waals surface area (Å²) in [6, 6.07) is 0.398. The molecule has 1 amide bonds. The number of fused-ring (bicyclic) bond motifs is 3. The maximum Gasteiger partial charge on any atom is 0.235 e. The van der Waals surface area contributed by atoms with E-state index in [9.17, 15) is 39.0 Å². The summed E-state index contributed by atoms with van der Waals surface area (Å²) in [5.74, 6) is -11.5. The van der Waals surface area contributed by atoms with E-state index in [2.05, 4.69) is 0 Å². The fourth-order valence-electron chi connectivity index (χ4n) is 6.33. The Hall–Kier alpha value is -3.24. The quantitative estimate of drug-likeness (QED) is 0.381. The van der Waals surface area contributed by atoms with Crippen LogP contribution in [0.2, 0.25) is 0 Å². The summed E-state index contributed by atoms with van der Waals surface area (Å²) in [6.45, 7) is 3.08. The van der Waals surface area contributed by atoms with Crippen LogP contribution in [0.5, 0.6) is 5.75 Å². The van der Waals surface area contributed by atoms with Gasteiger partial charge in [-0.1, -0.05) is 6.92 Å². The normalized spacial score (nSPS) is 32.2. The van der Waals surface area contributed by atoms with Crippen molar-refractivity contribution in [1.29, 1.82) is 0 Å². The molecule has 2 unspecified atom stereocenters. The number of carbonyl (C=O) groups excluding carboxylic acids is 6. The van der Waals surface area contributed by atoms with Gasteiger partial charge in [0.2, 0.25) is 5.91 Å². The Balaban J connectivity index is 1.91. The Bertz CT molecular complexity index is 1220. The maximum atomic E-state index is 13.8. The predicted octanol–water partition coefficient (Wildman–Crippen LogP) is -0.368. The lowest BCUT2D eigenvalue weighted by Gasteiger charge is -2.52. The second-order valence-electron chi connectivity index (χ2n) is 9.98. The highest BCUT2D eigenvalue weighted by atomic mass is 16.3. The van der Waals surface area contributed by atoms with E-state index < -0.39 is 75.9 Å². The first-order chi connectivity index (χ1) is 16.3. The molecule has 0 heterocycles. The molecule has 2 fully saturated rings. The number of Topliss-reactive ketones (excluding diaryl/α,β-unsaturated/α-hetero) is 5. The average molecular weight is 485 g/mol. The van der Waals surface area contributed by atoms with Crippen LogP contribution in [0.25, 0.3) is 0 Å². The van der Waals surface area contributed by atoms with Gasteiger partial charge in [0.15, 0.2) is 40.4 Å². The van der Waals surface area contributed by atoms with Gasteiger partial charge in [-0.2, -0.15) is 0 Å². The number of primary amides is 1. The number of amides is 1. The number of carbonyl (C=O) groups is 6. The summed E-state index contributed by atoms with van der Waals surface area (Å²) < 4.78 is 0. The Morgan fingerprint density at radius 3 is 2.31 bits per heavy atom. The van der Waals surface area contributed by atoms with E-state index in [1.165, 1.54) is 25.9 Å². The van der Waals surface area contributed by atoms with E-state index in [4.69, 9.17) is 5.73 Å². The monoisotopic (exact) mass is 484 g/mol. The smallest absolute Gasteiger partial charge is 0.235 e. The Labute approximate surface area is 201 Å². The molecule has 0 aromatic heterocycles. The molecule has 0 bridgehead atoms. The predicted molar refractivity (Wildman–Crippen MR) is 121 cm³/mol. The molecular weight excluding hydrogens is 456 g/mol. The highest BCUT2D eigenvalue weighted by Crippen LogP contribution is 2.51. The lowest BCUT2D eigenvalue weighted by molar-refractivity contribution is -0.181. The lowest BCUT2D eigenvalue weighted by atomic mass is 9.52. The van der Waals surface area contributed by atoms with E-state index in [0.29, 0.717) is 17.5 Å². The van der Waals surface area contributed by atoms with Gasteiger partial charge in [0.1, 0.15) is 5.75 Å². The fourth-order valence-corrected chi connectivity index (χ4v) is 6.33. The van der Waals surface area contributed by atoms with Crippen molar-refractivity contribution in [3.05, 3.63) is 28.3 Å². The van der Waals surface area contributed by atoms with E-state index in [-0.39, 0.29) is 24.0 Å². The standard InChI is InChI=1S/C25H28N2O8/c1-5-10-6-12(9(2)28)19(29)16-13(10)7-11-8-14-18(27(3)4)21(31)17(24(26)34)23(33)25(14,35)22(32)15(11)20(16)30/h6,11,14-15,17-18,29,35H,5,7-8H2,1-4H3,(H2,26,34)/t11-,14-,15?,17?,18-,25+/m1/s1. The number of ketones is 5. The molecule has 1 aromatic rings. The number of aromatic hydroxyl groups is 1. The molecule has 4 rings (SSSR count). The van der Waals surface area contributed by atoms with Crippen LogP contribution in [0.4, 0.5) is 0 Å². The summed E-state index contributed by atoms with van der Waals surface area (Å²) in [4.78, 5) is 79.2. The van der Waals surface area contributed by atoms with Crippen LogP contribution in [0.3, 0.4) is 0 Å². The molecule has 6 atom stereocenters. The number of aryl methyl sites for hydroxylation is 1. The van der Waals surface area contributed by atoms with E-state index in [0.717, 1.165) is 0 Å². The largest absolute Gasteiger partial charge is 0.506 e. The zero-order valence-electron chi connectivity index (χ0n) is 20.0. The third-order valence-corrected chi connectivity index (χ3v) is 7.91. The molecular formula is C25H28N2O8. The maximum absolute atomic E-state index is 13.8. The van der Waals surface area contributed by atoms with Crippen molar-refractivity contribution < 1.29 is 39.0 Å². The van der Waals surface area contributed by atoms with Crippen LogP contribution in [-0.4, -0.2) is 75.7 Å². The van der Waals surface area contributed by atoms with E-state index in [1.807, 2.05) is 6.92 Å². The number of phenolic OH excluding ortho intramolecular Hbond substituents is 1. The van der Waals surface area contributed by atoms with Gasteiger partial charge in [-0.05, 0) is 63.4 Å². The summed E-state index contributed by atoms with van der Waals surface area (Å²) in [5.41, 5.74) is 3.53. The first-order valence-electron chi connectivity index (χ1n) is 11.5. The van der Waals surface area contributed by atoms with E-state index in [1.54, 1.807) is 6.07 Å². The van der Waals surface area contributed by atoms with Crippen LogP contribution in [-0.2, 0) is 32.0 Å². The number of likely N-dealkylation sites (N-methyl/N-ethyl adjacent to an activating group) is 1. The Kier molecular flexibility index (Phi) is 5.80. The van der Waals surface area contributed by atoms with Gasteiger partial charge >= 0.3 is 0 Å². The van der Waals surface area contributed by atoms with Gasteiger partial charge in [0.05, 0.1) is 23.1 Å². The van der Waals surface area contributed by atoms with Crippen molar-refractivity contribution in [3.63, 3.8) is 0 Å². The van der Waals surface area contributed by atoms with Crippen molar-refractivity contribution in [3.8, 4) is 5.75 Å². The first-order valence-corrected chi connectivity index (χ1v) is 11.5. The topological polar surface area (TPSA) is 172 Å². The molecule has 3 aliphatic rings. The number of benzene rings is 1. The molecule has 0 saturated heterocycles. The molecule has 10 heteroatoms. The van der Waals surface area contributed by atoms with Crippen LogP contribution in [0.1, 0.15) is 52.1 Å². The molecule has 186 valence electrons. The van der Waals surface area contributed by atoms with Gasteiger partial charge in [0, 0.05) is 5.92 Å². The molecule has 3 aliphatic carbocycles. The van der Waals surface area contributed by atoms with Crippen molar-refractivity contribution in [2.24, 2.45) is 29.4 Å². The summed E-state index contributed by atoms with van der Waals surface area (Å²) in [7, 11) is 3.07. The van der Waals surface area contributed by atoms with Gasteiger partial charge in [0.25, 0.3) is 0 Å². The minimum absolute atomic E-state index is 0.0116. The first kappa shape index (κ1) is 24.9. The number of nitrogens with two attached hydrogens (primary N) is 1. The van der Waals surface area contributed by atoms with Crippen LogP contribution in [0, 0.1) is 23.7 Å². The molecule has 35 heavy (non-hydrogen) atoms. The van der Waals surface area contributed by atoms with Crippen molar-refractivity contribution in [2.45, 2.75) is 44.8 Å². The molecule has 0 radical (unpaired) electrons. The Morgan fingerprint density at radius 2 is 1.80 bits per heavy atom. The second kappa shape index (κ2) is 8.17. The zero-order chi connectivity index (χ0) is 26.1. The number of phenols is 1. The fraction of sp³-hybridized carbons (Fsp3) is 0.520. The van der Waals surface area contributed by atoms with Crippen molar-refractivity contribution in [2.75, 3.05) is 14.1 Å². The summed E-state index contributed by atoms with van der Waals surface area (Å²) in [5, 5.41) is 22.3. The number of hydrogen-bond acceptors (Lipinski definition) is 9. The minimum atomic E-state index is -2.77. The highest BCUT2D eigenvalue weighted by molar-refractivity contribution is 6.32. The lowest BCUT2D eigenvalue weighted by Crippen LogP contribution is -2.74. The summed E-state index contributed by atoms with van der Waals surface area (Å²) in [6.07, 6.45) is 0.634. The molecule has 4 N–H and O–H groups in total. The average Bonchev–Trinajstić information content (AvgIpc) is 2.75. The third-order valence-electron chi connectivity index (χ3n) is 7.91. The van der Waals surface area contributed by atoms with Gasteiger partial charge in [-0.15, -0.1) is 0 Å². The molecule has 1 aromatic carbocycles. The van der Waals surface area contributed by atoms with Crippen LogP contribution >= 0.6 is 0 Å². The van der Waals surface area contributed by atoms with Crippen LogP contribution in [0.15, 0.2) is 6.07 Å². The summed E-state index contributed by atoms with van der Waals surface area (Å²) >= 11 is 0. The zero-order valence-corrected chi connectivity index (χ0v) is 20.0. The number of nitrogens with zero attached hydrogens (tertiary/aromatic N) is 1. The highest BCUT2D eigenvalue weighted by Gasteiger charge is 2.69. The number of rotatable bonds is 4. The van der Waals surface area contributed by atoms with Gasteiger partial charge < -0.3 is 15.9 Å². The second-order valence-corrected chi connectivity index (χ2v) is 9.98. The molecule has 0 aliphatic heterocycles.